The van der Waals surface area contributed by atoms with Gasteiger partial charge in [-0.2, -0.15) is 0 Å². The van der Waals surface area contributed by atoms with E-state index in [9.17, 15) is 12.8 Å². The third kappa shape index (κ3) is 3.72. The molecule has 1 aromatic rings. The van der Waals surface area contributed by atoms with Crippen LogP contribution in [0.5, 0.6) is 0 Å². The molecule has 0 saturated heterocycles. The fourth-order valence-electron chi connectivity index (χ4n) is 1.28. The van der Waals surface area contributed by atoms with Crippen LogP contribution in [0.15, 0.2) is 21.5 Å². The van der Waals surface area contributed by atoms with E-state index in [0.29, 0.717) is 4.47 Å². The van der Waals surface area contributed by atoms with Gasteiger partial charge in [0.1, 0.15) is 10.7 Å². The SMILES string of the molecule is COCCNS(=O)(=O)c1cc(Br)cc(CO)c1F. The van der Waals surface area contributed by atoms with Crippen molar-refractivity contribution in [1.29, 1.82) is 0 Å². The van der Waals surface area contributed by atoms with Crippen LogP contribution < -0.4 is 4.72 Å². The van der Waals surface area contributed by atoms with Crippen LogP contribution in [-0.2, 0) is 21.4 Å². The number of halogens is 2. The number of aliphatic hydroxyl groups is 1. The summed E-state index contributed by atoms with van der Waals surface area (Å²) in [5, 5.41) is 8.95. The van der Waals surface area contributed by atoms with Crippen LogP contribution in [0.25, 0.3) is 0 Å². The molecular weight excluding hydrogens is 329 g/mol. The second-order valence-electron chi connectivity index (χ2n) is 3.43. The molecule has 0 amide bonds. The zero-order chi connectivity index (χ0) is 13.8. The largest absolute Gasteiger partial charge is 0.392 e. The van der Waals surface area contributed by atoms with Crippen molar-refractivity contribution in [2.24, 2.45) is 0 Å². The first-order valence-corrected chi connectivity index (χ1v) is 7.27. The van der Waals surface area contributed by atoms with E-state index in [0.717, 1.165) is 6.07 Å². The minimum absolute atomic E-state index is 0.0409. The average Bonchev–Trinajstić information content (AvgIpc) is 2.31. The van der Waals surface area contributed by atoms with Gasteiger partial charge >= 0.3 is 0 Å². The third-order valence-electron chi connectivity index (χ3n) is 2.14. The molecule has 0 spiro atoms. The Bertz CT molecular complexity index is 521. The molecule has 0 heterocycles. The lowest BCUT2D eigenvalue weighted by Crippen LogP contribution is -2.28. The molecule has 5 nitrogen and oxygen atoms in total. The molecule has 1 rings (SSSR count). The summed E-state index contributed by atoms with van der Waals surface area (Å²) >= 11 is 3.07. The first-order chi connectivity index (χ1) is 8.42. The Hall–Kier alpha value is -0.540. The Morgan fingerprint density at radius 2 is 2.17 bits per heavy atom. The maximum atomic E-state index is 13.8. The molecule has 0 saturated carbocycles. The van der Waals surface area contributed by atoms with Gasteiger partial charge < -0.3 is 9.84 Å². The lowest BCUT2D eigenvalue weighted by atomic mass is 10.2. The number of hydrogen-bond acceptors (Lipinski definition) is 4. The Morgan fingerprint density at radius 1 is 1.50 bits per heavy atom. The summed E-state index contributed by atoms with van der Waals surface area (Å²) in [7, 11) is -2.54. The molecule has 0 atom stereocenters. The van der Waals surface area contributed by atoms with Crippen LogP contribution in [0, 0.1) is 5.82 Å². The lowest BCUT2D eigenvalue weighted by molar-refractivity contribution is 0.204. The molecule has 0 fully saturated rings. The fourth-order valence-corrected chi connectivity index (χ4v) is 3.10. The summed E-state index contributed by atoms with van der Waals surface area (Å²) in [6.07, 6.45) is 0. The molecule has 0 aromatic heterocycles. The van der Waals surface area contributed by atoms with E-state index < -0.39 is 27.3 Å². The molecule has 0 aliphatic heterocycles. The summed E-state index contributed by atoms with van der Waals surface area (Å²) in [6.45, 7) is -0.354. The van der Waals surface area contributed by atoms with Gasteiger partial charge in [0.15, 0.2) is 0 Å². The predicted octanol–water partition coefficient (Wildman–Crippen LogP) is 1.01. The summed E-state index contributed by atoms with van der Waals surface area (Å²) in [6, 6.07) is 2.47. The third-order valence-corrected chi connectivity index (χ3v) is 4.06. The van der Waals surface area contributed by atoms with E-state index in [1.807, 2.05) is 0 Å². The number of aliphatic hydroxyl groups excluding tert-OH is 1. The zero-order valence-electron chi connectivity index (χ0n) is 9.61. The highest BCUT2D eigenvalue weighted by Crippen LogP contribution is 2.24. The molecular formula is C10H13BrFNO4S. The Morgan fingerprint density at radius 3 is 2.72 bits per heavy atom. The number of sulfonamides is 1. The summed E-state index contributed by atoms with van der Waals surface area (Å²) in [5.74, 6) is -0.953. The van der Waals surface area contributed by atoms with Crippen molar-refractivity contribution in [3.63, 3.8) is 0 Å². The highest BCUT2D eigenvalue weighted by atomic mass is 79.9. The second kappa shape index (κ2) is 6.58. The average molecular weight is 342 g/mol. The first kappa shape index (κ1) is 15.5. The lowest BCUT2D eigenvalue weighted by Gasteiger charge is -2.10. The quantitative estimate of drug-likeness (QED) is 0.757. The Balaban J connectivity index is 3.12. The maximum Gasteiger partial charge on any atom is 0.243 e. The fraction of sp³-hybridized carbons (Fsp3) is 0.400. The van der Waals surface area contributed by atoms with Crippen molar-refractivity contribution in [2.45, 2.75) is 11.5 Å². The minimum Gasteiger partial charge on any atom is -0.392 e. The van der Waals surface area contributed by atoms with Gasteiger partial charge in [-0.15, -0.1) is 0 Å². The van der Waals surface area contributed by atoms with Crippen molar-refractivity contribution in [2.75, 3.05) is 20.3 Å². The van der Waals surface area contributed by atoms with Crippen LogP contribution in [0.1, 0.15) is 5.56 Å². The number of benzene rings is 1. The summed E-state index contributed by atoms with van der Waals surface area (Å²) in [4.78, 5) is -0.503. The smallest absolute Gasteiger partial charge is 0.243 e. The van der Waals surface area contributed by atoms with Crippen LogP contribution >= 0.6 is 15.9 Å². The van der Waals surface area contributed by atoms with Crippen molar-refractivity contribution >= 4 is 26.0 Å². The number of rotatable bonds is 6. The number of hydrogen-bond donors (Lipinski definition) is 2. The van der Waals surface area contributed by atoms with E-state index in [1.54, 1.807) is 0 Å². The van der Waals surface area contributed by atoms with Gasteiger partial charge in [-0.1, -0.05) is 15.9 Å². The van der Waals surface area contributed by atoms with Gasteiger partial charge in [-0.05, 0) is 12.1 Å². The van der Waals surface area contributed by atoms with E-state index in [1.165, 1.54) is 13.2 Å². The van der Waals surface area contributed by atoms with Crippen molar-refractivity contribution < 1.29 is 22.7 Å². The highest BCUT2D eigenvalue weighted by molar-refractivity contribution is 9.10. The van der Waals surface area contributed by atoms with Gasteiger partial charge in [0.25, 0.3) is 0 Å². The molecule has 8 heteroatoms. The number of nitrogens with one attached hydrogen (secondary N) is 1. The predicted molar refractivity (Wildman–Crippen MR) is 67.1 cm³/mol. The van der Waals surface area contributed by atoms with Crippen LogP contribution in [0.3, 0.4) is 0 Å². The molecule has 2 N–H and O–H groups in total. The minimum atomic E-state index is -3.96. The Kier molecular flexibility index (Phi) is 5.67. The van der Waals surface area contributed by atoms with Gasteiger partial charge in [-0.25, -0.2) is 17.5 Å². The van der Waals surface area contributed by atoms with Crippen LogP contribution in [-0.4, -0.2) is 33.8 Å². The molecule has 0 aliphatic carbocycles. The summed E-state index contributed by atoms with van der Waals surface area (Å²) < 4.78 is 44.8. The van der Waals surface area contributed by atoms with E-state index in [2.05, 4.69) is 20.7 Å². The monoisotopic (exact) mass is 341 g/mol. The number of ether oxygens (including phenoxy) is 1. The molecule has 18 heavy (non-hydrogen) atoms. The molecule has 0 unspecified atom stereocenters. The molecule has 0 radical (unpaired) electrons. The maximum absolute atomic E-state index is 13.8. The van der Waals surface area contributed by atoms with Gasteiger partial charge in [0, 0.05) is 23.7 Å². The first-order valence-electron chi connectivity index (χ1n) is 4.99. The standard InChI is InChI=1S/C10H13BrFNO4S/c1-17-3-2-13-18(15,16)9-5-8(11)4-7(6-14)10(9)12/h4-5,13-14H,2-3,6H2,1H3. The molecule has 102 valence electrons. The van der Waals surface area contributed by atoms with E-state index in [4.69, 9.17) is 9.84 Å². The van der Waals surface area contributed by atoms with Gasteiger partial charge in [-0.3, -0.25) is 0 Å². The van der Waals surface area contributed by atoms with E-state index in [-0.39, 0.29) is 18.7 Å². The molecule has 1 aromatic carbocycles. The molecule has 0 bridgehead atoms. The number of methoxy groups -OCH3 is 1. The second-order valence-corrected chi connectivity index (χ2v) is 6.08. The van der Waals surface area contributed by atoms with Crippen molar-refractivity contribution in [1.82, 2.24) is 4.72 Å². The molecule has 0 aliphatic rings. The van der Waals surface area contributed by atoms with Crippen LogP contribution in [0.4, 0.5) is 4.39 Å². The highest BCUT2D eigenvalue weighted by Gasteiger charge is 2.21. The summed E-state index contributed by atoms with van der Waals surface area (Å²) in [5.41, 5.74) is -0.0866. The van der Waals surface area contributed by atoms with Crippen molar-refractivity contribution in [3.8, 4) is 0 Å². The van der Waals surface area contributed by atoms with Crippen LogP contribution in [0.2, 0.25) is 0 Å². The normalized spacial score (nSPS) is 11.8. The van der Waals surface area contributed by atoms with Gasteiger partial charge in [0.05, 0.1) is 13.2 Å². The van der Waals surface area contributed by atoms with Gasteiger partial charge in [0.2, 0.25) is 10.0 Å². The Labute approximate surface area is 113 Å². The van der Waals surface area contributed by atoms with Crippen molar-refractivity contribution in [3.05, 3.63) is 28.0 Å². The van der Waals surface area contributed by atoms with E-state index >= 15 is 0 Å². The topological polar surface area (TPSA) is 75.6 Å². The zero-order valence-corrected chi connectivity index (χ0v) is 12.0.